The number of amides is 1. The lowest BCUT2D eigenvalue weighted by molar-refractivity contribution is -0.154. The highest BCUT2D eigenvalue weighted by Gasteiger charge is 2.41. The quantitative estimate of drug-likeness (QED) is 0.807. The number of rotatable bonds is 4. The van der Waals surface area contributed by atoms with E-state index in [0.717, 1.165) is 12.8 Å². The second-order valence-electron chi connectivity index (χ2n) is 6.71. The molecule has 5 heteroatoms. The zero-order valence-corrected chi connectivity index (χ0v) is 12.4. The van der Waals surface area contributed by atoms with Crippen molar-refractivity contribution >= 4 is 11.9 Å². The van der Waals surface area contributed by atoms with Crippen LogP contribution in [0.3, 0.4) is 0 Å². The van der Waals surface area contributed by atoms with Crippen LogP contribution >= 0.6 is 0 Å². The van der Waals surface area contributed by atoms with Crippen LogP contribution in [-0.4, -0.2) is 41.5 Å². The highest BCUT2D eigenvalue weighted by atomic mass is 16.4. The summed E-state index contributed by atoms with van der Waals surface area (Å²) in [6.45, 7) is 8.66. The molecule has 0 aromatic rings. The van der Waals surface area contributed by atoms with Crippen molar-refractivity contribution in [2.75, 3.05) is 19.6 Å². The fourth-order valence-corrected chi connectivity index (χ4v) is 2.44. The molecule has 0 bridgehead atoms. The summed E-state index contributed by atoms with van der Waals surface area (Å²) in [7, 11) is 0. The van der Waals surface area contributed by atoms with E-state index in [1.165, 1.54) is 0 Å². The Hall–Kier alpha value is -1.10. The van der Waals surface area contributed by atoms with E-state index in [-0.39, 0.29) is 11.8 Å². The van der Waals surface area contributed by atoms with Crippen LogP contribution in [-0.2, 0) is 9.59 Å². The molecule has 0 aromatic heterocycles. The molecular weight excluding hydrogens is 244 g/mol. The first-order valence-electron chi connectivity index (χ1n) is 6.85. The third-order valence-electron chi connectivity index (χ3n) is 4.37. The number of piperidine rings is 1. The Balaban J connectivity index is 2.81. The summed E-state index contributed by atoms with van der Waals surface area (Å²) in [6.07, 6.45) is 1.71. The van der Waals surface area contributed by atoms with Gasteiger partial charge in [0.15, 0.2) is 0 Å². The molecule has 1 atom stereocenters. The van der Waals surface area contributed by atoms with Gasteiger partial charge in [0.25, 0.3) is 0 Å². The molecule has 0 saturated carbocycles. The summed E-state index contributed by atoms with van der Waals surface area (Å²) in [5, 5.41) is 9.30. The van der Waals surface area contributed by atoms with E-state index < -0.39 is 16.8 Å². The van der Waals surface area contributed by atoms with E-state index in [1.807, 2.05) is 13.8 Å². The van der Waals surface area contributed by atoms with Gasteiger partial charge in [0, 0.05) is 19.6 Å². The van der Waals surface area contributed by atoms with E-state index >= 15 is 0 Å². The van der Waals surface area contributed by atoms with Crippen molar-refractivity contribution < 1.29 is 14.7 Å². The van der Waals surface area contributed by atoms with Crippen molar-refractivity contribution in [1.82, 2.24) is 4.90 Å². The summed E-state index contributed by atoms with van der Waals surface area (Å²) in [6, 6.07) is 0. The van der Waals surface area contributed by atoms with E-state index in [0.29, 0.717) is 19.6 Å². The number of carbonyl (C=O) groups is 2. The zero-order valence-electron chi connectivity index (χ0n) is 12.4. The van der Waals surface area contributed by atoms with Crippen molar-refractivity contribution in [3.63, 3.8) is 0 Å². The van der Waals surface area contributed by atoms with E-state index in [9.17, 15) is 14.7 Å². The van der Waals surface area contributed by atoms with Crippen LogP contribution in [0.4, 0.5) is 0 Å². The van der Waals surface area contributed by atoms with Crippen LogP contribution in [0.15, 0.2) is 0 Å². The van der Waals surface area contributed by atoms with Gasteiger partial charge < -0.3 is 15.7 Å². The van der Waals surface area contributed by atoms with Crippen molar-refractivity contribution in [2.45, 2.75) is 40.5 Å². The monoisotopic (exact) mass is 270 g/mol. The maximum Gasteiger partial charge on any atom is 0.309 e. The van der Waals surface area contributed by atoms with Gasteiger partial charge in [-0.2, -0.15) is 0 Å². The number of hydrogen-bond acceptors (Lipinski definition) is 3. The molecule has 1 fully saturated rings. The number of hydrogen-bond donors (Lipinski definition) is 2. The lowest BCUT2D eigenvalue weighted by Crippen LogP contribution is -2.51. The number of carboxylic acids is 1. The Morgan fingerprint density at radius 1 is 1.32 bits per heavy atom. The van der Waals surface area contributed by atoms with Crippen molar-refractivity contribution in [1.29, 1.82) is 0 Å². The molecule has 0 aliphatic carbocycles. The molecule has 0 radical (unpaired) electrons. The number of nitrogens with two attached hydrogens (primary N) is 1. The Morgan fingerprint density at radius 3 is 2.37 bits per heavy atom. The molecule has 1 rings (SSSR count). The summed E-state index contributed by atoms with van der Waals surface area (Å²) < 4.78 is 0. The fourth-order valence-electron chi connectivity index (χ4n) is 2.44. The van der Waals surface area contributed by atoms with Gasteiger partial charge >= 0.3 is 5.97 Å². The maximum atomic E-state index is 12.4. The first-order chi connectivity index (χ1) is 8.63. The van der Waals surface area contributed by atoms with Gasteiger partial charge in [-0.25, -0.2) is 0 Å². The first kappa shape index (κ1) is 16.0. The van der Waals surface area contributed by atoms with Gasteiger partial charge in [0.1, 0.15) is 0 Å². The molecule has 0 aromatic carbocycles. The van der Waals surface area contributed by atoms with E-state index in [1.54, 1.807) is 18.7 Å². The third kappa shape index (κ3) is 3.26. The molecule has 1 heterocycles. The van der Waals surface area contributed by atoms with Gasteiger partial charge in [-0.1, -0.05) is 0 Å². The Morgan fingerprint density at radius 2 is 1.89 bits per heavy atom. The molecule has 1 amide bonds. The SMILES string of the molecule is CC(C)(CN)C(=O)N1CCCC(C(C)(C)C(=O)O)C1. The lowest BCUT2D eigenvalue weighted by atomic mass is 9.74. The average Bonchev–Trinajstić information content (AvgIpc) is 2.37. The van der Waals surface area contributed by atoms with Crippen LogP contribution in [0.1, 0.15) is 40.5 Å². The van der Waals surface area contributed by atoms with Crippen LogP contribution in [0.25, 0.3) is 0 Å². The fraction of sp³-hybridized carbons (Fsp3) is 0.857. The molecule has 5 nitrogen and oxygen atoms in total. The maximum absolute atomic E-state index is 12.4. The van der Waals surface area contributed by atoms with E-state index in [4.69, 9.17) is 5.73 Å². The topological polar surface area (TPSA) is 83.6 Å². The smallest absolute Gasteiger partial charge is 0.309 e. The zero-order chi connectivity index (χ0) is 14.8. The van der Waals surface area contributed by atoms with Crippen molar-refractivity contribution in [3.05, 3.63) is 0 Å². The molecule has 19 heavy (non-hydrogen) atoms. The molecule has 1 aliphatic rings. The Labute approximate surface area is 115 Å². The van der Waals surface area contributed by atoms with Crippen LogP contribution < -0.4 is 5.73 Å². The second-order valence-corrected chi connectivity index (χ2v) is 6.71. The summed E-state index contributed by atoms with van der Waals surface area (Å²) in [4.78, 5) is 25.5. The molecule has 3 N–H and O–H groups in total. The van der Waals surface area contributed by atoms with Gasteiger partial charge in [0.05, 0.1) is 10.8 Å². The molecule has 1 saturated heterocycles. The van der Waals surface area contributed by atoms with E-state index in [2.05, 4.69) is 0 Å². The largest absolute Gasteiger partial charge is 0.481 e. The molecule has 110 valence electrons. The van der Waals surface area contributed by atoms with Crippen LogP contribution in [0, 0.1) is 16.7 Å². The standard InChI is InChI=1S/C14H26N2O3/c1-13(2,9-15)11(17)16-7-5-6-10(8-16)14(3,4)12(18)19/h10H,5-9,15H2,1-4H3,(H,18,19). The summed E-state index contributed by atoms with van der Waals surface area (Å²) in [5.41, 5.74) is 4.27. The number of aliphatic carboxylic acids is 1. The summed E-state index contributed by atoms with van der Waals surface area (Å²) in [5.74, 6) is -0.776. The van der Waals surface area contributed by atoms with Crippen molar-refractivity contribution in [2.24, 2.45) is 22.5 Å². The number of likely N-dealkylation sites (tertiary alicyclic amines) is 1. The molecule has 1 unspecified atom stereocenters. The molecular formula is C14H26N2O3. The molecule has 1 aliphatic heterocycles. The van der Waals surface area contributed by atoms with Gasteiger partial charge in [-0.05, 0) is 46.5 Å². The van der Waals surface area contributed by atoms with Crippen LogP contribution in [0.2, 0.25) is 0 Å². The number of carboxylic acid groups (broad SMARTS) is 1. The van der Waals surface area contributed by atoms with Gasteiger partial charge in [-0.15, -0.1) is 0 Å². The minimum absolute atomic E-state index is 0.00345. The minimum Gasteiger partial charge on any atom is -0.481 e. The minimum atomic E-state index is -0.801. The van der Waals surface area contributed by atoms with Gasteiger partial charge in [-0.3, -0.25) is 9.59 Å². The first-order valence-corrected chi connectivity index (χ1v) is 6.85. The number of carbonyl (C=O) groups excluding carboxylic acids is 1. The predicted octanol–water partition coefficient (Wildman–Crippen LogP) is 1.32. The molecule has 0 spiro atoms. The van der Waals surface area contributed by atoms with Gasteiger partial charge in [0.2, 0.25) is 5.91 Å². The summed E-state index contributed by atoms with van der Waals surface area (Å²) >= 11 is 0. The highest BCUT2D eigenvalue weighted by molar-refractivity contribution is 5.82. The highest BCUT2D eigenvalue weighted by Crippen LogP contribution is 2.35. The number of nitrogens with zero attached hydrogens (tertiary/aromatic N) is 1. The third-order valence-corrected chi connectivity index (χ3v) is 4.37. The lowest BCUT2D eigenvalue weighted by Gasteiger charge is -2.41. The van der Waals surface area contributed by atoms with Crippen LogP contribution in [0.5, 0.6) is 0 Å². The predicted molar refractivity (Wildman–Crippen MR) is 73.6 cm³/mol. The normalized spacial score (nSPS) is 21.3. The second kappa shape index (κ2) is 5.49. The Bertz CT molecular complexity index is 364. The Kier molecular flexibility index (Phi) is 4.61. The van der Waals surface area contributed by atoms with Crippen molar-refractivity contribution in [3.8, 4) is 0 Å². The average molecular weight is 270 g/mol.